The Bertz CT molecular complexity index is 1120. The molecule has 8 nitrogen and oxygen atoms in total. The Morgan fingerprint density at radius 2 is 1.57 bits per heavy atom. The molecular weight excluding hydrogens is 449 g/mol. The second-order valence-electron chi connectivity index (χ2n) is 6.06. The molecule has 0 aromatic heterocycles. The summed E-state index contributed by atoms with van der Waals surface area (Å²) in [7, 11) is -7.82. The van der Waals surface area contributed by atoms with Crippen LogP contribution in [0, 0.1) is 0 Å². The standard InChI is InChI=1S/C16H17Cl2N3O5S2/c1-9(2)21-28(25,26)15-7-12(13(17)8-14(15)18)16(22)20-10-3-5-11(6-4-10)27(19,23)24/h3-9,21H,1-2H3,(H,20,22)(H2,19,23,24). The zero-order valence-corrected chi connectivity index (χ0v) is 17.9. The minimum absolute atomic E-state index is 0.0489. The molecule has 0 unspecified atom stereocenters. The highest BCUT2D eigenvalue weighted by atomic mass is 35.5. The number of halogens is 2. The van der Waals surface area contributed by atoms with Crippen molar-refractivity contribution in [1.82, 2.24) is 4.72 Å². The topological polar surface area (TPSA) is 135 Å². The Morgan fingerprint density at radius 1 is 1.00 bits per heavy atom. The number of hydrogen-bond acceptors (Lipinski definition) is 5. The van der Waals surface area contributed by atoms with Crippen molar-refractivity contribution in [3.8, 4) is 0 Å². The smallest absolute Gasteiger partial charge is 0.257 e. The summed E-state index contributed by atoms with van der Waals surface area (Å²) in [5, 5.41) is 7.34. The van der Waals surface area contributed by atoms with Gasteiger partial charge in [0.15, 0.2) is 0 Å². The number of nitrogens with two attached hydrogens (primary N) is 1. The summed E-state index contributed by atoms with van der Waals surface area (Å²) in [6, 6.07) is 6.96. The van der Waals surface area contributed by atoms with Crippen molar-refractivity contribution < 1.29 is 21.6 Å². The van der Waals surface area contributed by atoms with Crippen molar-refractivity contribution >= 4 is 54.8 Å². The van der Waals surface area contributed by atoms with Crippen LogP contribution in [-0.4, -0.2) is 28.8 Å². The molecule has 0 saturated carbocycles. The van der Waals surface area contributed by atoms with Gasteiger partial charge < -0.3 is 5.32 Å². The van der Waals surface area contributed by atoms with Crippen molar-refractivity contribution in [2.24, 2.45) is 5.14 Å². The second kappa shape index (κ2) is 8.36. The molecule has 2 aromatic carbocycles. The maximum atomic E-state index is 12.5. The second-order valence-corrected chi connectivity index (χ2v) is 10.1. The molecule has 4 N–H and O–H groups in total. The van der Waals surface area contributed by atoms with E-state index in [9.17, 15) is 21.6 Å². The Hall–Kier alpha value is -1.69. The minimum atomic E-state index is -3.96. The van der Waals surface area contributed by atoms with E-state index in [4.69, 9.17) is 28.3 Å². The molecule has 0 aliphatic heterocycles. The van der Waals surface area contributed by atoms with E-state index < -0.39 is 26.0 Å². The third-order valence-corrected chi connectivity index (χ3v) is 6.75. The van der Waals surface area contributed by atoms with Crippen LogP contribution < -0.4 is 15.2 Å². The molecule has 1 amide bonds. The Morgan fingerprint density at radius 3 is 2.07 bits per heavy atom. The summed E-state index contributed by atoms with van der Waals surface area (Å²) in [4.78, 5) is 12.1. The van der Waals surface area contributed by atoms with Gasteiger partial charge in [-0.05, 0) is 50.2 Å². The van der Waals surface area contributed by atoms with Crippen LogP contribution in [0.5, 0.6) is 0 Å². The third-order valence-electron chi connectivity index (χ3n) is 3.39. The van der Waals surface area contributed by atoms with E-state index in [0.717, 1.165) is 12.1 Å². The van der Waals surface area contributed by atoms with Crippen molar-refractivity contribution in [3.05, 3.63) is 52.0 Å². The van der Waals surface area contributed by atoms with Gasteiger partial charge in [0.05, 0.1) is 20.5 Å². The molecule has 0 spiro atoms. The van der Waals surface area contributed by atoms with Gasteiger partial charge in [-0.2, -0.15) is 0 Å². The van der Waals surface area contributed by atoms with Gasteiger partial charge >= 0.3 is 0 Å². The summed E-state index contributed by atoms with van der Waals surface area (Å²) in [6.45, 7) is 3.28. The van der Waals surface area contributed by atoms with Gasteiger partial charge in [0.2, 0.25) is 20.0 Å². The molecule has 0 bridgehead atoms. The molecule has 12 heteroatoms. The van der Waals surface area contributed by atoms with E-state index in [1.165, 1.54) is 24.3 Å². The molecular formula is C16H17Cl2N3O5S2. The van der Waals surface area contributed by atoms with Crippen LogP contribution in [0.2, 0.25) is 10.0 Å². The minimum Gasteiger partial charge on any atom is -0.322 e. The summed E-state index contributed by atoms with van der Waals surface area (Å²) >= 11 is 12.0. The van der Waals surface area contributed by atoms with Crippen LogP contribution in [0.25, 0.3) is 0 Å². The molecule has 0 saturated heterocycles. The maximum Gasteiger partial charge on any atom is 0.257 e. The molecule has 2 rings (SSSR count). The van der Waals surface area contributed by atoms with Gasteiger partial charge in [0.25, 0.3) is 5.91 Å². The highest BCUT2D eigenvalue weighted by molar-refractivity contribution is 7.89. The Labute approximate surface area is 173 Å². The quantitative estimate of drug-likeness (QED) is 0.601. The molecule has 28 heavy (non-hydrogen) atoms. The first-order valence-corrected chi connectivity index (χ1v) is 11.6. The third kappa shape index (κ3) is 5.43. The van der Waals surface area contributed by atoms with Crippen molar-refractivity contribution in [3.63, 3.8) is 0 Å². The van der Waals surface area contributed by atoms with Crippen molar-refractivity contribution in [2.75, 3.05) is 5.32 Å². The monoisotopic (exact) mass is 465 g/mol. The van der Waals surface area contributed by atoms with Crippen LogP contribution in [0.1, 0.15) is 24.2 Å². The number of carbonyl (C=O) groups is 1. The average Bonchev–Trinajstić information content (AvgIpc) is 2.52. The van der Waals surface area contributed by atoms with E-state index >= 15 is 0 Å². The largest absolute Gasteiger partial charge is 0.322 e. The number of benzene rings is 2. The number of primary sulfonamides is 1. The first-order chi connectivity index (χ1) is 12.8. The molecule has 0 atom stereocenters. The average molecular weight is 466 g/mol. The predicted molar refractivity (Wildman–Crippen MR) is 108 cm³/mol. The van der Waals surface area contributed by atoms with Gasteiger partial charge in [-0.25, -0.2) is 26.7 Å². The lowest BCUT2D eigenvalue weighted by molar-refractivity contribution is 0.102. The highest BCUT2D eigenvalue weighted by Gasteiger charge is 2.23. The lowest BCUT2D eigenvalue weighted by atomic mass is 10.2. The zero-order chi connectivity index (χ0) is 21.3. The maximum absolute atomic E-state index is 12.5. The summed E-state index contributed by atoms with van der Waals surface area (Å²) in [6.07, 6.45) is 0. The molecule has 0 aliphatic rings. The van der Waals surface area contributed by atoms with E-state index in [1.54, 1.807) is 13.8 Å². The highest BCUT2D eigenvalue weighted by Crippen LogP contribution is 2.29. The first kappa shape index (κ1) is 22.6. The van der Waals surface area contributed by atoms with Crippen LogP contribution >= 0.6 is 23.2 Å². The Kier molecular flexibility index (Phi) is 6.74. The molecule has 2 aromatic rings. The summed E-state index contributed by atoms with van der Waals surface area (Å²) in [5.41, 5.74) is 0.138. The van der Waals surface area contributed by atoms with Gasteiger partial charge in [-0.3, -0.25) is 4.79 Å². The van der Waals surface area contributed by atoms with Gasteiger partial charge in [-0.15, -0.1) is 0 Å². The van der Waals surface area contributed by atoms with E-state index in [0.29, 0.717) is 0 Å². The lowest BCUT2D eigenvalue weighted by Gasteiger charge is -2.13. The van der Waals surface area contributed by atoms with Crippen LogP contribution in [0.4, 0.5) is 5.69 Å². The van der Waals surface area contributed by atoms with Crippen molar-refractivity contribution in [2.45, 2.75) is 29.7 Å². The van der Waals surface area contributed by atoms with E-state index in [2.05, 4.69) is 10.0 Å². The summed E-state index contributed by atoms with van der Waals surface area (Å²) in [5.74, 6) is -0.703. The molecule has 152 valence electrons. The number of sulfonamides is 2. The van der Waals surface area contributed by atoms with Crippen LogP contribution in [0.15, 0.2) is 46.2 Å². The van der Waals surface area contributed by atoms with Crippen molar-refractivity contribution in [1.29, 1.82) is 0 Å². The zero-order valence-electron chi connectivity index (χ0n) is 14.7. The number of anilines is 1. The van der Waals surface area contributed by atoms with Gasteiger partial charge in [0.1, 0.15) is 4.90 Å². The number of rotatable bonds is 6. The lowest BCUT2D eigenvalue weighted by Crippen LogP contribution is -2.30. The Balaban J connectivity index is 2.37. The normalized spacial score (nSPS) is 12.2. The first-order valence-electron chi connectivity index (χ1n) is 7.77. The SMILES string of the molecule is CC(C)NS(=O)(=O)c1cc(C(=O)Nc2ccc(S(N)(=O)=O)cc2)c(Cl)cc1Cl. The summed E-state index contributed by atoms with van der Waals surface area (Å²) < 4.78 is 49.7. The fourth-order valence-electron chi connectivity index (χ4n) is 2.21. The molecule has 0 fully saturated rings. The number of amides is 1. The fourth-order valence-corrected chi connectivity index (χ4v) is 4.83. The van der Waals surface area contributed by atoms with Gasteiger partial charge in [0, 0.05) is 11.7 Å². The van der Waals surface area contributed by atoms with Gasteiger partial charge in [-0.1, -0.05) is 23.2 Å². The molecule has 0 heterocycles. The molecule has 0 radical (unpaired) electrons. The van der Waals surface area contributed by atoms with Crippen LogP contribution in [0.3, 0.4) is 0 Å². The van der Waals surface area contributed by atoms with E-state index in [-0.39, 0.29) is 37.1 Å². The fraction of sp³-hybridized carbons (Fsp3) is 0.188. The van der Waals surface area contributed by atoms with Crippen LogP contribution in [-0.2, 0) is 20.0 Å². The number of carbonyl (C=O) groups excluding carboxylic acids is 1. The number of hydrogen-bond donors (Lipinski definition) is 3. The molecule has 0 aliphatic carbocycles. The number of nitrogens with one attached hydrogen (secondary N) is 2. The predicted octanol–water partition coefficient (Wildman–Crippen LogP) is 2.58. The van der Waals surface area contributed by atoms with E-state index in [1.807, 2.05) is 0 Å².